The SMILES string of the molecule is COc1cc(-c2nc3ccc(Oc4ccc(Cl)cc4)cc3o2)ccc1OC(C)=O. The Bertz CT molecular complexity index is 1180. The number of methoxy groups -OCH3 is 1. The van der Waals surface area contributed by atoms with Crippen molar-refractivity contribution in [2.75, 3.05) is 7.11 Å². The molecule has 4 aromatic rings. The van der Waals surface area contributed by atoms with Crippen molar-refractivity contribution in [1.29, 1.82) is 0 Å². The van der Waals surface area contributed by atoms with Gasteiger partial charge in [0.15, 0.2) is 17.1 Å². The van der Waals surface area contributed by atoms with Gasteiger partial charge in [0.25, 0.3) is 0 Å². The Hall–Kier alpha value is -3.51. The van der Waals surface area contributed by atoms with E-state index in [1.807, 2.05) is 12.1 Å². The van der Waals surface area contributed by atoms with Crippen LogP contribution in [-0.2, 0) is 4.79 Å². The van der Waals surface area contributed by atoms with Crippen LogP contribution in [0.4, 0.5) is 0 Å². The number of halogens is 1. The number of oxazole rings is 1. The molecule has 0 spiro atoms. The first-order chi connectivity index (χ1) is 14.0. The van der Waals surface area contributed by atoms with Gasteiger partial charge in [0.2, 0.25) is 5.89 Å². The van der Waals surface area contributed by atoms with Gasteiger partial charge in [-0.25, -0.2) is 4.98 Å². The van der Waals surface area contributed by atoms with Gasteiger partial charge in [-0.3, -0.25) is 4.79 Å². The predicted octanol–water partition coefficient (Wildman–Crippen LogP) is 5.87. The molecule has 6 nitrogen and oxygen atoms in total. The van der Waals surface area contributed by atoms with Crippen LogP contribution in [0.15, 0.2) is 65.1 Å². The molecule has 0 saturated carbocycles. The Balaban J connectivity index is 1.63. The number of ether oxygens (including phenoxy) is 3. The van der Waals surface area contributed by atoms with Crippen LogP contribution in [0.1, 0.15) is 6.92 Å². The van der Waals surface area contributed by atoms with Gasteiger partial charge in [-0.15, -0.1) is 0 Å². The molecule has 0 aliphatic carbocycles. The molecule has 0 bridgehead atoms. The van der Waals surface area contributed by atoms with Crippen molar-refractivity contribution >= 4 is 28.7 Å². The first-order valence-corrected chi connectivity index (χ1v) is 9.10. The van der Waals surface area contributed by atoms with Crippen molar-refractivity contribution in [3.8, 4) is 34.5 Å². The number of benzene rings is 3. The molecule has 0 aliphatic heterocycles. The molecule has 1 aromatic heterocycles. The fourth-order valence-electron chi connectivity index (χ4n) is 2.77. The zero-order valence-electron chi connectivity index (χ0n) is 15.6. The monoisotopic (exact) mass is 409 g/mol. The number of hydrogen-bond donors (Lipinski definition) is 0. The second kappa shape index (κ2) is 7.85. The minimum atomic E-state index is -0.425. The van der Waals surface area contributed by atoms with Crippen LogP contribution in [0.3, 0.4) is 0 Å². The fraction of sp³-hybridized carbons (Fsp3) is 0.0909. The molecular formula is C22H16ClNO5. The zero-order chi connectivity index (χ0) is 20.4. The van der Waals surface area contributed by atoms with Gasteiger partial charge >= 0.3 is 5.97 Å². The van der Waals surface area contributed by atoms with Crippen LogP contribution in [-0.4, -0.2) is 18.1 Å². The number of carbonyl (C=O) groups excluding carboxylic acids is 1. The average molecular weight is 410 g/mol. The van der Waals surface area contributed by atoms with Crippen molar-refractivity contribution < 1.29 is 23.4 Å². The molecule has 146 valence electrons. The van der Waals surface area contributed by atoms with Crippen molar-refractivity contribution in [3.63, 3.8) is 0 Å². The second-order valence-corrected chi connectivity index (χ2v) is 6.60. The van der Waals surface area contributed by atoms with Crippen LogP contribution in [0.25, 0.3) is 22.6 Å². The highest BCUT2D eigenvalue weighted by Gasteiger charge is 2.14. The summed E-state index contributed by atoms with van der Waals surface area (Å²) in [5.74, 6) is 2.01. The number of fused-ring (bicyclic) bond motifs is 1. The van der Waals surface area contributed by atoms with E-state index in [2.05, 4.69) is 4.98 Å². The highest BCUT2D eigenvalue weighted by atomic mass is 35.5. The lowest BCUT2D eigenvalue weighted by molar-refractivity contribution is -0.132. The van der Waals surface area contributed by atoms with Gasteiger partial charge in [0.05, 0.1) is 7.11 Å². The lowest BCUT2D eigenvalue weighted by atomic mass is 10.2. The van der Waals surface area contributed by atoms with Crippen molar-refractivity contribution in [3.05, 3.63) is 65.7 Å². The van der Waals surface area contributed by atoms with E-state index in [9.17, 15) is 4.79 Å². The molecule has 3 aromatic carbocycles. The van der Waals surface area contributed by atoms with Gasteiger partial charge in [-0.1, -0.05) is 11.6 Å². The Morgan fingerprint density at radius 3 is 2.45 bits per heavy atom. The Morgan fingerprint density at radius 2 is 1.72 bits per heavy atom. The number of carbonyl (C=O) groups is 1. The number of hydrogen-bond acceptors (Lipinski definition) is 6. The van der Waals surface area contributed by atoms with Crippen LogP contribution in [0, 0.1) is 0 Å². The molecule has 7 heteroatoms. The van der Waals surface area contributed by atoms with E-state index >= 15 is 0 Å². The minimum absolute atomic E-state index is 0.332. The maximum Gasteiger partial charge on any atom is 0.308 e. The predicted molar refractivity (Wildman–Crippen MR) is 109 cm³/mol. The second-order valence-electron chi connectivity index (χ2n) is 6.16. The molecule has 29 heavy (non-hydrogen) atoms. The third kappa shape index (κ3) is 4.17. The van der Waals surface area contributed by atoms with Gasteiger partial charge < -0.3 is 18.6 Å². The lowest BCUT2D eigenvalue weighted by Gasteiger charge is -2.08. The maximum atomic E-state index is 11.2. The first kappa shape index (κ1) is 18.8. The first-order valence-electron chi connectivity index (χ1n) is 8.72. The molecule has 0 N–H and O–H groups in total. The van der Waals surface area contributed by atoms with E-state index in [0.29, 0.717) is 50.6 Å². The third-order valence-electron chi connectivity index (χ3n) is 4.07. The number of aromatic nitrogens is 1. The van der Waals surface area contributed by atoms with Crippen molar-refractivity contribution in [1.82, 2.24) is 4.98 Å². The molecule has 0 saturated heterocycles. The molecular weight excluding hydrogens is 394 g/mol. The largest absolute Gasteiger partial charge is 0.493 e. The minimum Gasteiger partial charge on any atom is -0.493 e. The van der Waals surface area contributed by atoms with Crippen LogP contribution >= 0.6 is 11.6 Å². The molecule has 0 amide bonds. The number of rotatable bonds is 5. The molecule has 0 atom stereocenters. The summed E-state index contributed by atoms with van der Waals surface area (Å²) < 4.78 is 22.2. The molecule has 0 fully saturated rings. The summed E-state index contributed by atoms with van der Waals surface area (Å²) in [4.78, 5) is 15.7. The van der Waals surface area contributed by atoms with E-state index in [-0.39, 0.29) is 0 Å². The van der Waals surface area contributed by atoms with Crippen LogP contribution in [0.5, 0.6) is 23.0 Å². The number of nitrogens with zero attached hydrogens (tertiary/aromatic N) is 1. The summed E-state index contributed by atoms with van der Waals surface area (Å²) in [6, 6.07) is 17.6. The van der Waals surface area contributed by atoms with Crippen molar-refractivity contribution in [2.24, 2.45) is 0 Å². The summed E-state index contributed by atoms with van der Waals surface area (Å²) in [7, 11) is 1.50. The van der Waals surface area contributed by atoms with Gasteiger partial charge in [-0.2, -0.15) is 0 Å². The van der Waals surface area contributed by atoms with Gasteiger partial charge in [0.1, 0.15) is 17.0 Å². The average Bonchev–Trinajstić information content (AvgIpc) is 3.13. The lowest BCUT2D eigenvalue weighted by Crippen LogP contribution is -2.03. The van der Waals surface area contributed by atoms with E-state index in [4.69, 9.17) is 30.2 Å². The van der Waals surface area contributed by atoms with Crippen molar-refractivity contribution in [2.45, 2.75) is 6.92 Å². The maximum absolute atomic E-state index is 11.2. The third-order valence-corrected chi connectivity index (χ3v) is 4.33. The smallest absolute Gasteiger partial charge is 0.308 e. The van der Waals surface area contributed by atoms with Gasteiger partial charge in [0, 0.05) is 23.6 Å². The summed E-state index contributed by atoms with van der Waals surface area (Å²) in [6.45, 7) is 1.33. The van der Waals surface area contributed by atoms with E-state index < -0.39 is 5.97 Å². The number of esters is 1. The normalized spacial score (nSPS) is 10.7. The van der Waals surface area contributed by atoms with E-state index in [0.717, 1.165) is 0 Å². The summed E-state index contributed by atoms with van der Waals surface area (Å²) in [5, 5.41) is 0.642. The Kier molecular flexibility index (Phi) is 5.10. The molecule has 0 radical (unpaired) electrons. The molecule has 0 aliphatic rings. The fourth-order valence-corrected chi connectivity index (χ4v) is 2.90. The van der Waals surface area contributed by atoms with Crippen LogP contribution < -0.4 is 14.2 Å². The highest BCUT2D eigenvalue weighted by Crippen LogP contribution is 2.34. The van der Waals surface area contributed by atoms with Crippen LogP contribution in [0.2, 0.25) is 5.02 Å². The standard InChI is InChI=1S/C22H16ClNO5/c1-13(25)27-19-10-3-14(11-21(19)26-2)22-24-18-9-8-17(12-20(18)29-22)28-16-6-4-15(23)5-7-16/h3-12H,1-2H3. The summed E-state index contributed by atoms with van der Waals surface area (Å²) in [6.07, 6.45) is 0. The highest BCUT2D eigenvalue weighted by molar-refractivity contribution is 6.30. The zero-order valence-corrected chi connectivity index (χ0v) is 16.4. The molecule has 1 heterocycles. The quantitative estimate of drug-likeness (QED) is 0.303. The molecule has 0 unspecified atom stereocenters. The Labute approximate surface area is 171 Å². The van der Waals surface area contributed by atoms with E-state index in [1.165, 1.54) is 14.0 Å². The summed E-state index contributed by atoms with van der Waals surface area (Å²) >= 11 is 5.90. The van der Waals surface area contributed by atoms with Gasteiger partial charge in [-0.05, 0) is 54.6 Å². The summed E-state index contributed by atoms with van der Waals surface area (Å²) in [5.41, 5.74) is 1.95. The Morgan fingerprint density at radius 1 is 0.966 bits per heavy atom. The van der Waals surface area contributed by atoms with E-state index in [1.54, 1.807) is 48.5 Å². The topological polar surface area (TPSA) is 70.8 Å². The molecule has 4 rings (SSSR count).